The van der Waals surface area contributed by atoms with Crippen molar-refractivity contribution in [3.63, 3.8) is 0 Å². The van der Waals surface area contributed by atoms with Gasteiger partial charge in [0.15, 0.2) is 5.13 Å². The number of oxime groups is 1. The number of benzene rings is 6. The highest BCUT2D eigenvalue weighted by molar-refractivity contribution is 7.14. The van der Waals surface area contributed by atoms with Crippen molar-refractivity contribution in [2.24, 2.45) is 5.16 Å². The first-order valence-electron chi connectivity index (χ1n) is 16.2. The number of nitrogens with one attached hydrogen (secondary N) is 1. The number of halogens is 1. The largest absolute Gasteiger partial charge is 0.476 e. The molecule has 0 spiro atoms. The van der Waals surface area contributed by atoms with E-state index in [-0.39, 0.29) is 23.8 Å². The Hall–Kier alpha value is -6.02. The molecule has 2 N–H and O–H groups in total. The lowest BCUT2D eigenvalue weighted by Crippen LogP contribution is -2.38. The molecule has 1 heterocycles. The Morgan fingerprint density at radius 1 is 0.569 bits per heavy atom. The number of hydrogen-bond donors (Lipinski definition) is 2. The van der Waals surface area contributed by atoms with Crippen molar-refractivity contribution in [3.8, 4) is 0 Å². The van der Waals surface area contributed by atoms with E-state index < -0.39 is 17.1 Å². The number of carbonyl (C=O) groups is 1. The first-order chi connectivity index (χ1) is 24.6. The van der Waals surface area contributed by atoms with Crippen molar-refractivity contribution >= 4 is 40.6 Å². The third-order valence-corrected chi connectivity index (χ3v) is 9.44. The summed E-state index contributed by atoms with van der Waals surface area (Å²) in [5.41, 5.74) is 3.18. The van der Waals surface area contributed by atoms with Gasteiger partial charge in [0.1, 0.15) is 11.2 Å². The van der Waals surface area contributed by atoms with Crippen LogP contribution < -0.4 is 5.32 Å². The number of aliphatic carboxylic acids is 1. The van der Waals surface area contributed by atoms with E-state index >= 15 is 0 Å². The highest BCUT2D eigenvalue weighted by Gasteiger charge is 2.41. The predicted octanol–water partition coefficient (Wildman–Crippen LogP) is 9.77. The Morgan fingerprint density at radius 3 is 1.24 bits per heavy atom. The zero-order chi connectivity index (χ0) is 34.2. The van der Waals surface area contributed by atoms with Gasteiger partial charge in [-0.05, 0) is 16.7 Å². The van der Waals surface area contributed by atoms with Crippen LogP contribution in [0.4, 0.5) is 5.13 Å². The fourth-order valence-corrected chi connectivity index (χ4v) is 7.12. The van der Waals surface area contributed by atoms with Gasteiger partial charge in [-0.1, -0.05) is 187 Å². The molecule has 0 aliphatic carbocycles. The van der Waals surface area contributed by atoms with Gasteiger partial charge in [-0.2, -0.15) is 0 Å². The molecular weight excluding hydrogens is 674 g/mol. The molecule has 8 heteroatoms. The van der Waals surface area contributed by atoms with Gasteiger partial charge in [0.2, 0.25) is 11.3 Å². The summed E-state index contributed by atoms with van der Waals surface area (Å²) in [5, 5.41) is 20.9. The van der Waals surface area contributed by atoms with E-state index in [9.17, 15) is 9.90 Å². The van der Waals surface area contributed by atoms with Gasteiger partial charge in [-0.3, -0.25) is 0 Å². The summed E-state index contributed by atoms with van der Waals surface area (Å²) in [6.45, 7) is 0. The molecule has 0 radical (unpaired) electrons. The highest BCUT2D eigenvalue weighted by Crippen LogP contribution is 2.42. The minimum absolute atomic E-state index is 0. The van der Waals surface area contributed by atoms with Gasteiger partial charge >= 0.3 is 5.97 Å². The molecule has 1 aromatic heterocycles. The molecule has 0 fully saturated rings. The molecule has 0 bridgehead atoms. The molecule has 0 unspecified atom stereocenters. The van der Waals surface area contributed by atoms with Crippen LogP contribution in [-0.4, -0.2) is 21.8 Å². The summed E-state index contributed by atoms with van der Waals surface area (Å²) in [4.78, 5) is 24.3. The number of aromatic nitrogens is 1. The topological polar surface area (TPSA) is 83.8 Å². The van der Waals surface area contributed by atoms with Crippen molar-refractivity contribution < 1.29 is 14.7 Å². The maximum Gasteiger partial charge on any atom is 0.360 e. The number of anilines is 1. The molecule has 51 heavy (non-hydrogen) atoms. The van der Waals surface area contributed by atoms with E-state index in [1.54, 1.807) is 5.38 Å². The SMILES string of the molecule is Cl.O=C(O)/C(=N\OC(c1ccccc1)(c1ccccc1)c1ccccc1)c1csc(NC(c2ccccc2)(c2ccccc2)c2ccccc2)n1. The van der Waals surface area contributed by atoms with Crippen molar-refractivity contribution in [2.45, 2.75) is 11.1 Å². The second-order valence-electron chi connectivity index (χ2n) is 11.6. The van der Waals surface area contributed by atoms with Crippen molar-refractivity contribution in [1.82, 2.24) is 4.98 Å². The number of nitrogens with zero attached hydrogens (tertiary/aromatic N) is 2. The number of carboxylic acids is 1. The predicted molar refractivity (Wildman–Crippen MR) is 207 cm³/mol. The van der Waals surface area contributed by atoms with Gasteiger partial charge in [0, 0.05) is 22.1 Å². The number of hydrogen-bond acceptors (Lipinski definition) is 6. The summed E-state index contributed by atoms with van der Waals surface area (Å²) in [5.74, 6) is -1.26. The van der Waals surface area contributed by atoms with Gasteiger partial charge in [-0.25, -0.2) is 9.78 Å². The van der Waals surface area contributed by atoms with Crippen LogP contribution in [0.2, 0.25) is 0 Å². The van der Waals surface area contributed by atoms with Crippen LogP contribution in [0.25, 0.3) is 0 Å². The Kier molecular flexibility index (Phi) is 10.7. The Morgan fingerprint density at radius 2 is 0.902 bits per heavy atom. The standard InChI is InChI=1S/C43H33N3O3S.ClH/c47-40(48)39(46-49-43(35-25-13-4-14-26-35,36-27-15-5-16-28-36)37-29-17-6-18-30-37)38-31-50-41(44-38)45-42(32-19-7-1-8-20-32,33-21-9-2-10-22-33)34-23-11-3-12-24-34;/h1-31H,(H,44,45)(H,47,48);1H/b46-39-;. The quantitative estimate of drug-likeness (QED) is 0.0751. The average molecular weight is 708 g/mol. The normalized spacial score (nSPS) is 11.6. The smallest absolute Gasteiger partial charge is 0.360 e. The maximum absolute atomic E-state index is 12.9. The van der Waals surface area contributed by atoms with Gasteiger partial charge in [0.05, 0.1) is 0 Å². The first kappa shape index (κ1) is 34.8. The molecule has 252 valence electrons. The van der Waals surface area contributed by atoms with Gasteiger partial charge < -0.3 is 15.3 Å². The second-order valence-corrected chi connectivity index (χ2v) is 12.5. The minimum Gasteiger partial charge on any atom is -0.476 e. The summed E-state index contributed by atoms with van der Waals surface area (Å²) >= 11 is 1.31. The van der Waals surface area contributed by atoms with Gasteiger partial charge in [-0.15, -0.1) is 23.7 Å². The van der Waals surface area contributed by atoms with Crippen LogP contribution in [0.15, 0.2) is 193 Å². The van der Waals surface area contributed by atoms with Crippen LogP contribution in [-0.2, 0) is 20.8 Å². The van der Waals surface area contributed by atoms with Crippen LogP contribution >= 0.6 is 23.7 Å². The summed E-state index contributed by atoms with van der Waals surface area (Å²) in [6.07, 6.45) is 0. The van der Waals surface area contributed by atoms with Crippen LogP contribution in [0.5, 0.6) is 0 Å². The lowest BCUT2D eigenvalue weighted by Gasteiger charge is -2.36. The van der Waals surface area contributed by atoms with Crippen molar-refractivity contribution in [1.29, 1.82) is 0 Å². The molecule has 0 amide bonds. The minimum atomic E-state index is -1.26. The third-order valence-electron chi connectivity index (χ3n) is 8.68. The zero-order valence-electron chi connectivity index (χ0n) is 27.4. The maximum atomic E-state index is 12.9. The van der Waals surface area contributed by atoms with E-state index in [1.165, 1.54) is 11.3 Å². The molecule has 6 nitrogen and oxygen atoms in total. The monoisotopic (exact) mass is 707 g/mol. The highest BCUT2D eigenvalue weighted by atomic mass is 35.5. The lowest BCUT2D eigenvalue weighted by atomic mass is 9.77. The third kappa shape index (κ3) is 6.90. The van der Waals surface area contributed by atoms with E-state index in [0.717, 1.165) is 33.4 Å². The molecule has 7 aromatic rings. The molecule has 0 saturated heterocycles. The fraction of sp³-hybridized carbons (Fsp3) is 0.0465. The van der Waals surface area contributed by atoms with Crippen molar-refractivity contribution in [3.05, 3.63) is 226 Å². The molecule has 0 aliphatic heterocycles. The summed E-state index contributed by atoms with van der Waals surface area (Å²) < 4.78 is 0. The Balaban J connectivity index is 0.00000448. The Labute approximate surface area is 307 Å². The lowest BCUT2D eigenvalue weighted by molar-refractivity contribution is -0.129. The van der Waals surface area contributed by atoms with Crippen LogP contribution in [0.3, 0.4) is 0 Å². The summed E-state index contributed by atoms with van der Waals surface area (Å²) in [6, 6.07) is 59.6. The van der Waals surface area contributed by atoms with Gasteiger partial charge in [0.25, 0.3) is 0 Å². The number of thiazole rings is 1. The first-order valence-corrected chi connectivity index (χ1v) is 17.1. The fourth-order valence-electron chi connectivity index (χ4n) is 6.37. The average Bonchev–Trinajstić information content (AvgIpc) is 3.65. The number of rotatable bonds is 12. The molecule has 0 atom stereocenters. The van der Waals surface area contributed by atoms with E-state index in [2.05, 4.69) is 46.9 Å². The van der Waals surface area contributed by atoms with Crippen LogP contribution in [0, 0.1) is 0 Å². The Bertz CT molecular complexity index is 1990. The van der Waals surface area contributed by atoms with E-state index in [4.69, 9.17) is 9.82 Å². The van der Waals surface area contributed by atoms with Crippen LogP contribution in [0.1, 0.15) is 39.1 Å². The molecule has 0 aliphatic rings. The number of carboxylic acid groups (broad SMARTS) is 1. The second kappa shape index (κ2) is 15.7. The zero-order valence-corrected chi connectivity index (χ0v) is 29.0. The van der Waals surface area contributed by atoms with E-state index in [0.29, 0.717) is 5.13 Å². The molecule has 6 aromatic carbocycles. The summed E-state index contributed by atoms with van der Waals surface area (Å²) in [7, 11) is 0. The van der Waals surface area contributed by atoms with E-state index in [1.807, 2.05) is 146 Å². The molecule has 0 saturated carbocycles. The van der Waals surface area contributed by atoms with Crippen molar-refractivity contribution in [2.75, 3.05) is 5.32 Å². The molecular formula is C43H34ClN3O3S. The molecule has 7 rings (SSSR count).